The van der Waals surface area contributed by atoms with Crippen molar-refractivity contribution in [2.45, 2.75) is 91.3 Å². The van der Waals surface area contributed by atoms with Crippen molar-refractivity contribution < 1.29 is 37.0 Å². The number of esters is 2. The third kappa shape index (κ3) is 4.69. The van der Waals surface area contributed by atoms with Crippen molar-refractivity contribution in [3.8, 4) is 0 Å². The monoisotopic (exact) mass is 496 g/mol. The van der Waals surface area contributed by atoms with Gasteiger partial charge >= 0.3 is 18.1 Å². The number of halogens is 3. The summed E-state index contributed by atoms with van der Waals surface area (Å²) in [5.74, 6) is -2.90. The van der Waals surface area contributed by atoms with Crippen LogP contribution in [0.4, 0.5) is 13.2 Å². The SMILES string of the molecule is CC(=O)O/C(=C/C(=O)[C@H]1CC[C@H]2[C@@H]3CC=C4C[C@@H](OC(C)=O)CC[C@]4(C)[C@H]3CC[C@]12C)C(F)(F)F. The fraction of sp³-hybridized carbons (Fsp3) is 0.741. The van der Waals surface area contributed by atoms with Gasteiger partial charge in [0.15, 0.2) is 5.78 Å². The molecule has 0 spiro atoms. The first-order valence-electron chi connectivity index (χ1n) is 12.6. The van der Waals surface area contributed by atoms with E-state index in [0.29, 0.717) is 24.3 Å². The fourth-order valence-electron chi connectivity index (χ4n) is 7.98. The van der Waals surface area contributed by atoms with Crippen molar-refractivity contribution in [2.24, 2.45) is 34.5 Å². The Morgan fingerprint density at radius 3 is 2.34 bits per heavy atom. The molecule has 0 bridgehead atoms. The van der Waals surface area contributed by atoms with Gasteiger partial charge in [0.25, 0.3) is 0 Å². The highest BCUT2D eigenvalue weighted by molar-refractivity contribution is 5.93. The molecule has 0 amide bonds. The molecule has 0 radical (unpaired) electrons. The highest BCUT2D eigenvalue weighted by atomic mass is 19.4. The maximum Gasteiger partial charge on any atom is 0.449 e. The van der Waals surface area contributed by atoms with Crippen molar-refractivity contribution in [1.82, 2.24) is 0 Å². The molecular formula is C27H35F3O5. The lowest BCUT2D eigenvalue weighted by atomic mass is 9.47. The second-order valence-corrected chi connectivity index (χ2v) is 11.4. The van der Waals surface area contributed by atoms with Crippen molar-refractivity contribution in [3.63, 3.8) is 0 Å². The zero-order chi connectivity index (χ0) is 25.8. The third-order valence-corrected chi connectivity index (χ3v) is 9.54. The molecule has 194 valence electrons. The summed E-state index contributed by atoms with van der Waals surface area (Å²) in [6, 6.07) is 0. The van der Waals surface area contributed by atoms with E-state index in [2.05, 4.69) is 24.7 Å². The summed E-state index contributed by atoms with van der Waals surface area (Å²) in [7, 11) is 0. The van der Waals surface area contributed by atoms with Gasteiger partial charge in [0.1, 0.15) is 6.10 Å². The van der Waals surface area contributed by atoms with E-state index < -0.39 is 29.6 Å². The summed E-state index contributed by atoms with van der Waals surface area (Å²) in [6.07, 6.45) is 4.34. The lowest BCUT2D eigenvalue weighted by Gasteiger charge is -2.58. The van der Waals surface area contributed by atoms with Crippen LogP contribution in [-0.4, -0.2) is 30.0 Å². The van der Waals surface area contributed by atoms with Crippen molar-refractivity contribution in [2.75, 3.05) is 0 Å². The Hall–Kier alpha value is -2.12. The topological polar surface area (TPSA) is 69.7 Å². The van der Waals surface area contributed by atoms with Gasteiger partial charge < -0.3 is 9.47 Å². The number of rotatable bonds is 4. The van der Waals surface area contributed by atoms with Crippen LogP contribution < -0.4 is 0 Å². The molecule has 0 aliphatic heterocycles. The first-order chi connectivity index (χ1) is 16.3. The van der Waals surface area contributed by atoms with Gasteiger partial charge in [-0.05, 0) is 73.5 Å². The average molecular weight is 497 g/mol. The summed E-state index contributed by atoms with van der Waals surface area (Å²) in [5, 5.41) is 0. The summed E-state index contributed by atoms with van der Waals surface area (Å²) < 4.78 is 49.9. The van der Waals surface area contributed by atoms with Crippen molar-refractivity contribution in [3.05, 3.63) is 23.5 Å². The molecule has 4 rings (SSSR count). The summed E-state index contributed by atoms with van der Waals surface area (Å²) in [5.41, 5.74) is 1.02. The molecule has 0 aromatic rings. The lowest BCUT2D eigenvalue weighted by Crippen LogP contribution is -2.51. The number of carbonyl (C=O) groups excluding carboxylic acids is 3. The van der Waals surface area contributed by atoms with E-state index in [1.54, 1.807) is 0 Å². The van der Waals surface area contributed by atoms with Gasteiger partial charge in [0, 0.05) is 32.3 Å². The molecule has 0 heterocycles. The predicted molar refractivity (Wildman–Crippen MR) is 122 cm³/mol. The fourth-order valence-corrected chi connectivity index (χ4v) is 7.98. The molecular weight excluding hydrogens is 461 g/mol. The van der Waals surface area contributed by atoms with Crippen molar-refractivity contribution >= 4 is 17.7 Å². The van der Waals surface area contributed by atoms with E-state index >= 15 is 0 Å². The number of alkyl halides is 3. The Balaban J connectivity index is 1.55. The molecule has 7 atom stereocenters. The minimum Gasteiger partial charge on any atom is -0.462 e. The standard InChI is InChI=1S/C27H35F3O5/c1-15(31)34-18-9-11-25(3)17(13-18)5-6-19-20-7-8-22(26(20,4)12-10-21(19)25)23(33)14-24(27(28,29)30)35-16(2)32/h5,14,18-22H,6-13H2,1-4H3/b24-14+/t18-,19-,20-,21-,22+,25-,26-/m0/s1. The molecule has 0 saturated heterocycles. The van der Waals surface area contributed by atoms with Crippen molar-refractivity contribution in [1.29, 1.82) is 0 Å². The first-order valence-corrected chi connectivity index (χ1v) is 12.6. The van der Waals surface area contributed by atoms with Crippen LogP contribution in [0.3, 0.4) is 0 Å². The van der Waals surface area contributed by atoms with Crippen LogP contribution in [0.25, 0.3) is 0 Å². The number of hydrogen-bond acceptors (Lipinski definition) is 5. The van der Waals surface area contributed by atoms with Crippen LogP contribution in [0.15, 0.2) is 23.5 Å². The molecule has 0 aromatic carbocycles. The van der Waals surface area contributed by atoms with Crippen LogP contribution in [-0.2, 0) is 23.9 Å². The van der Waals surface area contributed by atoms with Gasteiger partial charge in [0.2, 0.25) is 5.76 Å². The van der Waals surface area contributed by atoms with Gasteiger partial charge in [-0.3, -0.25) is 14.4 Å². The van der Waals surface area contributed by atoms with Gasteiger partial charge in [0.05, 0.1) is 0 Å². The largest absolute Gasteiger partial charge is 0.462 e. The number of allylic oxidation sites excluding steroid dienone is 3. The highest BCUT2D eigenvalue weighted by Crippen LogP contribution is 2.66. The number of hydrogen-bond donors (Lipinski definition) is 0. The summed E-state index contributed by atoms with van der Waals surface area (Å²) in [6.45, 7) is 6.72. The van der Waals surface area contributed by atoms with E-state index in [1.807, 2.05) is 0 Å². The van der Waals surface area contributed by atoms with Crippen LogP contribution in [0.2, 0.25) is 0 Å². The second kappa shape index (κ2) is 9.07. The van der Waals surface area contributed by atoms with Gasteiger partial charge in [-0.25, -0.2) is 0 Å². The Kier molecular flexibility index (Phi) is 6.73. The Labute approximate surface area is 204 Å². The van der Waals surface area contributed by atoms with Gasteiger partial charge in [-0.15, -0.1) is 0 Å². The molecule has 3 fully saturated rings. The summed E-state index contributed by atoms with van der Waals surface area (Å²) >= 11 is 0. The zero-order valence-corrected chi connectivity index (χ0v) is 20.9. The maximum atomic E-state index is 13.3. The van der Waals surface area contributed by atoms with E-state index in [4.69, 9.17) is 4.74 Å². The smallest absolute Gasteiger partial charge is 0.449 e. The molecule has 5 nitrogen and oxygen atoms in total. The molecule has 35 heavy (non-hydrogen) atoms. The molecule has 3 saturated carbocycles. The van der Waals surface area contributed by atoms with Gasteiger partial charge in [-0.2, -0.15) is 13.2 Å². The Morgan fingerprint density at radius 2 is 1.71 bits per heavy atom. The normalized spacial score (nSPS) is 39.0. The number of ketones is 1. The number of fused-ring (bicyclic) bond motifs is 5. The van der Waals surface area contributed by atoms with Crippen LogP contribution in [0, 0.1) is 34.5 Å². The van der Waals surface area contributed by atoms with Crippen LogP contribution in [0.1, 0.15) is 79.1 Å². The quantitative estimate of drug-likeness (QED) is 0.204. The van der Waals surface area contributed by atoms with Gasteiger partial charge in [-0.1, -0.05) is 25.5 Å². The van der Waals surface area contributed by atoms with Crippen LogP contribution in [0.5, 0.6) is 0 Å². The highest BCUT2D eigenvalue weighted by Gasteiger charge is 2.60. The second-order valence-electron chi connectivity index (χ2n) is 11.4. The third-order valence-electron chi connectivity index (χ3n) is 9.54. The molecule has 4 aliphatic carbocycles. The zero-order valence-electron chi connectivity index (χ0n) is 20.9. The summed E-state index contributed by atoms with van der Waals surface area (Å²) in [4.78, 5) is 35.7. The minimum atomic E-state index is -4.90. The lowest BCUT2D eigenvalue weighted by molar-refractivity contribution is -0.158. The Bertz CT molecular complexity index is 966. The molecule has 8 heteroatoms. The number of ether oxygens (including phenoxy) is 2. The molecule has 0 N–H and O–H groups in total. The minimum absolute atomic E-state index is 0.0294. The Morgan fingerprint density at radius 1 is 1.00 bits per heavy atom. The first kappa shape index (κ1) is 26.0. The number of carbonyl (C=O) groups is 3. The predicted octanol–water partition coefficient (Wildman–Crippen LogP) is 6.08. The molecule has 0 unspecified atom stereocenters. The van der Waals surface area contributed by atoms with E-state index in [9.17, 15) is 27.6 Å². The molecule has 4 aliphatic rings. The van der Waals surface area contributed by atoms with E-state index in [0.717, 1.165) is 51.9 Å². The van der Waals surface area contributed by atoms with E-state index in [1.165, 1.54) is 12.5 Å². The van der Waals surface area contributed by atoms with E-state index in [-0.39, 0.29) is 28.8 Å². The van der Waals surface area contributed by atoms with Crippen LogP contribution >= 0.6 is 0 Å². The average Bonchev–Trinajstić information content (AvgIpc) is 3.09. The maximum absolute atomic E-state index is 13.3. The molecule has 0 aromatic heterocycles.